The molecule has 1 unspecified atom stereocenters. The first kappa shape index (κ1) is 28.5. The summed E-state index contributed by atoms with van der Waals surface area (Å²) in [5.41, 5.74) is 4.41. The molecule has 212 valence electrons. The zero-order valence-corrected chi connectivity index (χ0v) is 24.3. The Labute approximate surface area is 242 Å². The van der Waals surface area contributed by atoms with Gasteiger partial charge in [-0.25, -0.2) is 13.5 Å². The van der Waals surface area contributed by atoms with Crippen molar-refractivity contribution in [2.24, 2.45) is 0 Å². The summed E-state index contributed by atoms with van der Waals surface area (Å²) in [6.45, 7) is 8.11. The van der Waals surface area contributed by atoms with Crippen LogP contribution in [0.5, 0.6) is 0 Å². The van der Waals surface area contributed by atoms with Crippen molar-refractivity contribution in [3.63, 3.8) is 0 Å². The van der Waals surface area contributed by atoms with E-state index in [2.05, 4.69) is 26.1 Å². The maximum atomic E-state index is 14.4. The van der Waals surface area contributed by atoms with Gasteiger partial charge in [0.2, 0.25) is 11.8 Å². The van der Waals surface area contributed by atoms with E-state index in [1.807, 2.05) is 37.3 Å². The summed E-state index contributed by atoms with van der Waals surface area (Å²) in [5, 5.41) is 7.51. The average molecular weight is 575 g/mol. The molecule has 0 aliphatic carbocycles. The Balaban J connectivity index is 1.63. The predicted octanol–water partition coefficient (Wildman–Crippen LogP) is 6.24. The largest absolute Gasteiger partial charge is 0.350 e. The fourth-order valence-electron chi connectivity index (χ4n) is 4.87. The number of nitrogens with zero attached hydrogens (tertiary/aromatic N) is 3. The van der Waals surface area contributed by atoms with Crippen LogP contribution in [0, 0.1) is 18.6 Å². The number of amides is 2. The van der Waals surface area contributed by atoms with Gasteiger partial charge in [0.1, 0.15) is 24.0 Å². The molecule has 1 aliphatic rings. The Bertz CT molecular complexity index is 1580. The van der Waals surface area contributed by atoms with Crippen LogP contribution in [0.15, 0.2) is 72.8 Å². The van der Waals surface area contributed by atoms with Gasteiger partial charge in [0.05, 0.1) is 22.4 Å². The van der Waals surface area contributed by atoms with E-state index in [-0.39, 0.29) is 47.5 Å². The standard InChI is InChI=1S/C32H32F2N4O2S/c1-20-8-14-25(15-9-20)38-31-28(30(36-38)32(2,3)4)29(22-6-5-7-24(34)16-22)41-19-27(40)37(31)18-26(39)35-17-21-10-12-23(33)13-11-21/h5-16,29H,17-19H2,1-4H3,(H,35,39). The van der Waals surface area contributed by atoms with E-state index in [0.717, 1.165) is 33.6 Å². The maximum Gasteiger partial charge on any atom is 0.240 e. The highest BCUT2D eigenvalue weighted by Gasteiger charge is 2.40. The van der Waals surface area contributed by atoms with Crippen molar-refractivity contribution in [3.05, 3.63) is 112 Å². The van der Waals surface area contributed by atoms with E-state index in [1.165, 1.54) is 40.9 Å². The molecule has 0 fully saturated rings. The molecule has 6 nitrogen and oxygen atoms in total. The fraction of sp³-hybridized carbons (Fsp3) is 0.281. The molecular weight excluding hydrogens is 542 g/mol. The third-order valence-corrected chi connectivity index (χ3v) is 8.19. The van der Waals surface area contributed by atoms with Crippen molar-refractivity contribution in [2.75, 3.05) is 17.2 Å². The number of carbonyl (C=O) groups is 2. The highest BCUT2D eigenvalue weighted by atomic mass is 32.2. The fourth-order valence-corrected chi connectivity index (χ4v) is 6.06. The number of thioether (sulfide) groups is 1. The van der Waals surface area contributed by atoms with E-state index >= 15 is 0 Å². The van der Waals surface area contributed by atoms with Gasteiger partial charge in [0.25, 0.3) is 0 Å². The van der Waals surface area contributed by atoms with Crippen LogP contribution in [0.1, 0.15) is 54.0 Å². The molecule has 0 radical (unpaired) electrons. The van der Waals surface area contributed by atoms with Crippen molar-refractivity contribution in [2.45, 2.75) is 44.9 Å². The third kappa shape index (κ3) is 6.20. The molecule has 1 aromatic heterocycles. The van der Waals surface area contributed by atoms with E-state index in [0.29, 0.717) is 5.82 Å². The summed E-state index contributed by atoms with van der Waals surface area (Å²) < 4.78 is 29.5. The van der Waals surface area contributed by atoms with Crippen LogP contribution in [0.2, 0.25) is 0 Å². The van der Waals surface area contributed by atoms with Crippen molar-refractivity contribution >= 4 is 29.4 Å². The van der Waals surface area contributed by atoms with Gasteiger partial charge < -0.3 is 5.32 Å². The van der Waals surface area contributed by atoms with Crippen molar-refractivity contribution < 1.29 is 18.4 Å². The first-order valence-corrected chi connectivity index (χ1v) is 14.4. The van der Waals surface area contributed by atoms with Gasteiger partial charge in [-0.2, -0.15) is 5.10 Å². The summed E-state index contributed by atoms with van der Waals surface area (Å²) in [6, 6.07) is 20.1. The van der Waals surface area contributed by atoms with Gasteiger partial charge in [-0.15, -0.1) is 11.8 Å². The van der Waals surface area contributed by atoms with Crippen LogP contribution in [0.4, 0.5) is 14.6 Å². The van der Waals surface area contributed by atoms with Gasteiger partial charge in [0.15, 0.2) is 0 Å². The predicted molar refractivity (Wildman–Crippen MR) is 158 cm³/mol. The number of hydrogen-bond acceptors (Lipinski definition) is 4. The van der Waals surface area contributed by atoms with E-state index in [9.17, 15) is 18.4 Å². The Hall–Kier alpha value is -3.98. The molecule has 4 aromatic rings. The maximum absolute atomic E-state index is 14.4. The molecule has 1 atom stereocenters. The molecule has 1 N–H and O–H groups in total. The molecule has 3 aromatic carbocycles. The zero-order chi connectivity index (χ0) is 29.3. The minimum atomic E-state index is -0.421. The minimum Gasteiger partial charge on any atom is -0.350 e. The van der Waals surface area contributed by atoms with E-state index < -0.39 is 5.41 Å². The summed E-state index contributed by atoms with van der Waals surface area (Å²) in [5.74, 6) is -0.733. The summed E-state index contributed by atoms with van der Waals surface area (Å²) in [4.78, 5) is 28.5. The SMILES string of the molecule is Cc1ccc(-n2nc(C(C)(C)C)c3c2N(CC(=O)NCc2ccc(F)cc2)C(=O)CSC3c2cccc(F)c2)cc1. The molecule has 0 spiro atoms. The minimum absolute atomic E-state index is 0.0958. The molecule has 0 bridgehead atoms. The monoisotopic (exact) mass is 574 g/mol. The Kier molecular flexibility index (Phi) is 8.00. The number of benzene rings is 3. The third-order valence-electron chi connectivity index (χ3n) is 6.93. The molecule has 1 aliphatic heterocycles. The van der Waals surface area contributed by atoms with Gasteiger partial charge in [0, 0.05) is 17.5 Å². The summed E-state index contributed by atoms with van der Waals surface area (Å²) in [7, 11) is 0. The van der Waals surface area contributed by atoms with Gasteiger partial charge >= 0.3 is 0 Å². The van der Waals surface area contributed by atoms with Crippen LogP contribution in [-0.4, -0.2) is 33.9 Å². The molecule has 41 heavy (non-hydrogen) atoms. The lowest BCUT2D eigenvalue weighted by Gasteiger charge is -2.24. The number of hydrogen-bond donors (Lipinski definition) is 1. The second-order valence-corrected chi connectivity index (χ2v) is 12.3. The molecular formula is C32H32F2N4O2S. The van der Waals surface area contributed by atoms with Gasteiger partial charge in [-0.1, -0.05) is 62.7 Å². The number of anilines is 1. The van der Waals surface area contributed by atoms with Crippen molar-refractivity contribution in [1.82, 2.24) is 15.1 Å². The van der Waals surface area contributed by atoms with Gasteiger partial charge in [-0.3, -0.25) is 14.5 Å². The molecule has 0 saturated heterocycles. The number of carbonyl (C=O) groups excluding carboxylic acids is 2. The van der Waals surface area contributed by atoms with Crippen LogP contribution in [-0.2, 0) is 21.5 Å². The number of fused-ring (bicyclic) bond motifs is 1. The molecule has 0 saturated carbocycles. The molecule has 5 rings (SSSR count). The second-order valence-electron chi connectivity index (χ2n) is 11.2. The smallest absolute Gasteiger partial charge is 0.240 e. The van der Waals surface area contributed by atoms with Crippen LogP contribution < -0.4 is 10.2 Å². The first-order valence-electron chi connectivity index (χ1n) is 13.4. The lowest BCUT2D eigenvalue weighted by atomic mass is 9.87. The zero-order valence-electron chi connectivity index (χ0n) is 23.4. The molecule has 9 heteroatoms. The lowest BCUT2D eigenvalue weighted by molar-refractivity contribution is -0.123. The Morgan fingerprint density at radius 3 is 2.39 bits per heavy atom. The van der Waals surface area contributed by atoms with Gasteiger partial charge in [-0.05, 0) is 54.4 Å². The Morgan fingerprint density at radius 1 is 1.02 bits per heavy atom. The average Bonchev–Trinajstić information content (AvgIpc) is 3.26. The highest BCUT2D eigenvalue weighted by Crippen LogP contribution is 2.48. The normalized spacial score (nSPS) is 15.4. The molecule has 2 heterocycles. The summed E-state index contributed by atoms with van der Waals surface area (Å²) in [6.07, 6.45) is 0. The van der Waals surface area contributed by atoms with Crippen LogP contribution in [0.25, 0.3) is 5.69 Å². The number of aromatic nitrogens is 2. The highest BCUT2D eigenvalue weighted by molar-refractivity contribution is 8.00. The lowest BCUT2D eigenvalue weighted by Crippen LogP contribution is -2.42. The van der Waals surface area contributed by atoms with Crippen molar-refractivity contribution in [1.29, 1.82) is 0 Å². The van der Waals surface area contributed by atoms with E-state index in [4.69, 9.17) is 5.10 Å². The number of rotatable bonds is 6. The Morgan fingerprint density at radius 2 is 1.73 bits per heavy atom. The summed E-state index contributed by atoms with van der Waals surface area (Å²) >= 11 is 1.40. The molecule has 2 amide bonds. The topological polar surface area (TPSA) is 67.2 Å². The first-order chi connectivity index (χ1) is 19.5. The van der Waals surface area contributed by atoms with Crippen LogP contribution in [0.3, 0.4) is 0 Å². The quantitative estimate of drug-likeness (QED) is 0.296. The van der Waals surface area contributed by atoms with Crippen molar-refractivity contribution in [3.8, 4) is 5.69 Å². The number of nitrogens with one attached hydrogen (secondary N) is 1. The van der Waals surface area contributed by atoms with E-state index in [1.54, 1.807) is 22.9 Å². The second kappa shape index (κ2) is 11.5. The number of aryl methyl sites for hydroxylation is 1. The number of halogens is 2. The van der Waals surface area contributed by atoms with Crippen LogP contribution >= 0.6 is 11.8 Å².